The van der Waals surface area contributed by atoms with E-state index in [1.54, 1.807) is 24.5 Å². The van der Waals surface area contributed by atoms with Gasteiger partial charge in [0.05, 0.1) is 24.6 Å². The smallest absolute Gasteiger partial charge is 0.155 e. The summed E-state index contributed by atoms with van der Waals surface area (Å²) in [6.07, 6.45) is 7.87. The summed E-state index contributed by atoms with van der Waals surface area (Å²) < 4.78 is 34.6. The number of nitrogens with zero attached hydrogens (tertiary/aromatic N) is 3. The Morgan fingerprint density at radius 1 is 0.886 bits per heavy atom. The van der Waals surface area contributed by atoms with E-state index < -0.39 is 5.82 Å². The molecule has 0 bridgehead atoms. The lowest BCUT2D eigenvalue weighted by molar-refractivity contribution is 0.306. The largest absolute Gasteiger partial charge is 0.490 e. The van der Waals surface area contributed by atoms with Gasteiger partial charge in [0.1, 0.15) is 23.5 Å². The standard InChI is InChI=1S/C29H27F2N3O/c1-2-3-14-35-25-18-33-28(34-19-25)13-7-20-6-12-26-23(15-20)11-10-22(29(26)31)8-4-21-5-9-24(17-32)27(30)16-21/h5-6,9-12,15-16,18-19H,2-4,7-8,13-14H2,1H3. The van der Waals surface area contributed by atoms with Crippen LogP contribution in [0.5, 0.6) is 5.75 Å². The normalized spacial score (nSPS) is 10.9. The number of aromatic nitrogens is 2. The number of fused-ring (bicyclic) bond motifs is 1. The van der Waals surface area contributed by atoms with E-state index in [1.165, 1.54) is 12.1 Å². The van der Waals surface area contributed by atoms with Gasteiger partial charge >= 0.3 is 0 Å². The summed E-state index contributed by atoms with van der Waals surface area (Å²) in [5.74, 6) is 0.639. The van der Waals surface area contributed by atoms with Crippen LogP contribution in [0.3, 0.4) is 0 Å². The summed E-state index contributed by atoms with van der Waals surface area (Å²) >= 11 is 0. The topological polar surface area (TPSA) is 58.8 Å². The molecule has 35 heavy (non-hydrogen) atoms. The van der Waals surface area contributed by atoms with Crippen LogP contribution in [0.25, 0.3) is 10.8 Å². The third kappa shape index (κ3) is 6.19. The maximum atomic E-state index is 15.2. The van der Waals surface area contributed by atoms with Gasteiger partial charge in [-0.3, -0.25) is 0 Å². The molecule has 0 N–H and O–H groups in total. The molecule has 0 unspecified atom stereocenters. The van der Waals surface area contributed by atoms with E-state index in [0.29, 0.717) is 42.6 Å². The van der Waals surface area contributed by atoms with Crippen LogP contribution < -0.4 is 4.74 Å². The summed E-state index contributed by atoms with van der Waals surface area (Å²) in [4.78, 5) is 8.77. The van der Waals surface area contributed by atoms with Crippen molar-refractivity contribution < 1.29 is 13.5 Å². The second-order valence-corrected chi connectivity index (χ2v) is 8.56. The van der Waals surface area contributed by atoms with Crippen LogP contribution in [0, 0.1) is 23.0 Å². The van der Waals surface area contributed by atoms with Gasteiger partial charge in [0.15, 0.2) is 5.75 Å². The minimum Gasteiger partial charge on any atom is -0.490 e. The Balaban J connectivity index is 1.38. The van der Waals surface area contributed by atoms with Crippen molar-refractivity contribution in [2.24, 2.45) is 0 Å². The van der Waals surface area contributed by atoms with E-state index in [2.05, 4.69) is 16.9 Å². The van der Waals surface area contributed by atoms with Crippen molar-refractivity contribution in [3.8, 4) is 11.8 Å². The first-order chi connectivity index (χ1) is 17.1. The molecule has 4 aromatic rings. The number of benzene rings is 3. The molecule has 0 aliphatic rings. The summed E-state index contributed by atoms with van der Waals surface area (Å²) in [6, 6.07) is 15.8. The number of unbranched alkanes of at least 4 members (excludes halogenated alkanes) is 1. The monoisotopic (exact) mass is 471 g/mol. The molecular weight excluding hydrogens is 444 g/mol. The van der Waals surface area contributed by atoms with E-state index in [-0.39, 0.29) is 11.4 Å². The fraction of sp³-hybridized carbons (Fsp3) is 0.276. The molecule has 1 heterocycles. The first kappa shape index (κ1) is 24.3. The number of ether oxygens (including phenoxy) is 1. The molecule has 0 radical (unpaired) electrons. The highest BCUT2D eigenvalue weighted by molar-refractivity contribution is 5.84. The molecule has 4 nitrogen and oxygen atoms in total. The van der Waals surface area contributed by atoms with Crippen LogP contribution in [0.15, 0.2) is 60.9 Å². The van der Waals surface area contributed by atoms with Gasteiger partial charge in [-0.05, 0) is 59.9 Å². The van der Waals surface area contributed by atoms with Crippen LogP contribution in [0.1, 0.15) is 47.8 Å². The average Bonchev–Trinajstić information content (AvgIpc) is 2.88. The first-order valence-electron chi connectivity index (χ1n) is 11.9. The van der Waals surface area contributed by atoms with Crippen LogP contribution >= 0.6 is 0 Å². The van der Waals surface area contributed by atoms with Gasteiger partial charge in [0.25, 0.3) is 0 Å². The Morgan fingerprint density at radius 2 is 1.63 bits per heavy atom. The summed E-state index contributed by atoms with van der Waals surface area (Å²) in [6.45, 7) is 2.79. The molecule has 0 aliphatic heterocycles. The Labute approximate surface area is 204 Å². The summed E-state index contributed by atoms with van der Waals surface area (Å²) in [5.41, 5.74) is 2.43. The van der Waals surface area contributed by atoms with Crippen molar-refractivity contribution in [3.63, 3.8) is 0 Å². The maximum Gasteiger partial charge on any atom is 0.155 e. The molecule has 3 aromatic carbocycles. The highest BCUT2D eigenvalue weighted by Crippen LogP contribution is 2.24. The Bertz CT molecular complexity index is 1350. The van der Waals surface area contributed by atoms with Gasteiger partial charge in [0.2, 0.25) is 0 Å². The third-order valence-corrected chi connectivity index (χ3v) is 6.02. The minimum absolute atomic E-state index is 0.0152. The second-order valence-electron chi connectivity index (χ2n) is 8.56. The van der Waals surface area contributed by atoms with Crippen LogP contribution in [-0.4, -0.2) is 16.6 Å². The molecule has 0 fully saturated rings. The highest BCUT2D eigenvalue weighted by atomic mass is 19.1. The predicted octanol–water partition coefficient (Wildman–Crippen LogP) is 6.53. The van der Waals surface area contributed by atoms with Gasteiger partial charge < -0.3 is 4.74 Å². The molecule has 0 spiro atoms. The molecule has 0 saturated heterocycles. The number of rotatable bonds is 10. The number of nitriles is 1. The number of aryl methyl sites for hydroxylation is 4. The van der Waals surface area contributed by atoms with E-state index in [4.69, 9.17) is 10.00 Å². The van der Waals surface area contributed by atoms with E-state index in [0.717, 1.165) is 41.6 Å². The first-order valence-corrected chi connectivity index (χ1v) is 11.9. The Morgan fingerprint density at radius 3 is 2.37 bits per heavy atom. The molecule has 0 aliphatic carbocycles. The SMILES string of the molecule is CCCCOc1cnc(CCc2ccc3c(F)c(CCc4ccc(C#N)c(F)c4)ccc3c2)nc1. The molecule has 0 saturated carbocycles. The van der Waals surface area contributed by atoms with Crippen LogP contribution in [0.4, 0.5) is 8.78 Å². The highest BCUT2D eigenvalue weighted by Gasteiger charge is 2.10. The van der Waals surface area contributed by atoms with Gasteiger partial charge in [-0.1, -0.05) is 49.7 Å². The van der Waals surface area contributed by atoms with Gasteiger partial charge in [-0.25, -0.2) is 18.7 Å². The quantitative estimate of drug-likeness (QED) is 0.247. The zero-order valence-corrected chi connectivity index (χ0v) is 19.7. The second kappa shape index (κ2) is 11.5. The number of halogens is 2. The number of hydrogen-bond donors (Lipinski definition) is 0. The average molecular weight is 472 g/mol. The lowest BCUT2D eigenvalue weighted by Crippen LogP contribution is -2.01. The molecule has 178 valence electrons. The van der Waals surface area contributed by atoms with Crippen LogP contribution in [-0.2, 0) is 25.7 Å². The third-order valence-electron chi connectivity index (χ3n) is 6.02. The van der Waals surface area contributed by atoms with Crippen molar-refractivity contribution in [3.05, 3.63) is 101 Å². The van der Waals surface area contributed by atoms with Crippen molar-refractivity contribution in [1.29, 1.82) is 5.26 Å². The van der Waals surface area contributed by atoms with E-state index >= 15 is 4.39 Å². The molecular formula is C29H27F2N3O. The van der Waals surface area contributed by atoms with Crippen LogP contribution in [0.2, 0.25) is 0 Å². The predicted molar refractivity (Wildman–Crippen MR) is 132 cm³/mol. The van der Waals surface area contributed by atoms with E-state index in [9.17, 15) is 4.39 Å². The number of hydrogen-bond acceptors (Lipinski definition) is 4. The summed E-state index contributed by atoms with van der Waals surface area (Å²) in [5, 5.41) is 10.3. The Hall–Kier alpha value is -3.85. The van der Waals surface area contributed by atoms with Crippen molar-refractivity contribution in [1.82, 2.24) is 9.97 Å². The molecule has 1 aromatic heterocycles. The summed E-state index contributed by atoms with van der Waals surface area (Å²) in [7, 11) is 0. The lowest BCUT2D eigenvalue weighted by Gasteiger charge is -2.09. The fourth-order valence-electron chi connectivity index (χ4n) is 3.96. The fourth-order valence-corrected chi connectivity index (χ4v) is 3.96. The minimum atomic E-state index is -0.543. The molecule has 0 amide bonds. The molecule has 4 rings (SSSR count). The molecule has 6 heteroatoms. The van der Waals surface area contributed by atoms with Crippen molar-refractivity contribution in [2.75, 3.05) is 6.61 Å². The Kier molecular flexibility index (Phi) is 7.99. The maximum absolute atomic E-state index is 15.2. The van der Waals surface area contributed by atoms with Crippen molar-refractivity contribution in [2.45, 2.75) is 45.4 Å². The molecule has 0 atom stereocenters. The zero-order valence-electron chi connectivity index (χ0n) is 19.7. The zero-order chi connectivity index (χ0) is 24.6. The van der Waals surface area contributed by atoms with Gasteiger partial charge in [-0.15, -0.1) is 0 Å². The van der Waals surface area contributed by atoms with Crippen molar-refractivity contribution >= 4 is 10.8 Å². The lowest BCUT2D eigenvalue weighted by atomic mass is 9.98. The van der Waals surface area contributed by atoms with Gasteiger partial charge in [0, 0.05) is 11.8 Å². The van der Waals surface area contributed by atoms with Gasteiger partial charge in [-0.2, -0.15) is 5.26 Å². The van der Waals surface area contributed by atoms with E-state index in [1.807, 2.05) is 30.3 Å².